The summed E-state index contributed by atoms with van der Waals surface area (Å²) in [4.78, 5) is 17.6. The summed E-state index contributed by atoms with van der Waals surface area (Å²) in [6.07, 6.45) is 3.95. The lowest BCUT2D eigenvalue weighted by Gasteiger charge is -2.17. The average Bonchev–Trinajstić information content (AvgIpc) is 2.84. The summed E-state index contributed by atoms with van der Waals surface area (Å²) < 4.78 is 9.87. The Morgan fingerprint density at radius 1 is 1.37 bits per heavy atom. The topological polar surface area (TPSA) is 68.5 Å². The number of carbonyl (C=O) groups is 1. The highest BCUT2D eigenvalue weighted by atomic mass is 16.5. The molecule has 0 aliphatic carbocycles. The Hall–Kier alpha value is -1.43. The molecule has 0 aliphatic rings. The zero-order valence-electron chi connectivity index (χ0n) is 12.0. The van der Waals surface area contributed by atoms with E-state index < -0.39 is 0 Å². The van der Waals surface area contributed by atoms with Crippen LogP contribution in [0.15, 0.2) is 4.52 Å². The molecule has 19 heavy (non-hydrogen) atoms. The van der Waals surface area contributed by atoms with Crippen molar-refractivity contribution in [2.45, 2.75) is 46.1 Å². The van der Waals surface area contributed by atoms with Crippen molar-refractivity contribution in [3.63, 3.8) is 0 Å². The monoisotopic (exact) mass is 269 g/mol. The van der Waals surface area contributed by atoms with Crippen molar-refractivity contribution >= 4 is 5.97 Å². The summed E-state index contributed by atoms with van der Waals surface area (Å²) in [5.41, 5.74) is 0. The molecule has 1 aromatic rings. The molecule has 0 radical (unpaired) electrons. The van der Waals surface area contributed by atoms with Gasteiger partial charge in [0.05, 0.1) is 20.2 Å². The number of aromatic nitrogens is 2. The second-order valence-corrected chi connectivity index (χ2v) is 4.49. The first-order valence-electron chi connectivity index (χ1n) is 6.80. The molecule has 1 aromatic heterocycles. The molecule has 0 spiro atoms. The van der Waals surface area contributed by atoms with Crippen LogP contribution in [0.3, 0.4) is 0 Å². The van der Waals surface area contributed by atoms with Crippen molar-refractivity contribution in [2.24, 2.45) is 0 Å². The van der Waals surface area contributed by atoms with Crippen molar-refractivity contribution < 1.29 is 14.1 Å². The maximum Gasteiger partial charge on any atom is 0.319 e. The van der Waals surface area contributed by atoms with E-state index >= 15 is 0 Å². The van der Waals surface area contributed by atoms with Gasteiger partial charge in [0.25, 0.3) is 0 Å². The molecule has 6 nitrogen and oxygen atoms in total. The van der Waals surface area contributed by atoms with Crippen LogP contribution in [0.4, 0.5) is 0 Å². The van der Waals surface area contributed by atoms with Crippen LogP contribution >= 0.6 is 0 Å². The Balaban J connectivity index is 2.52. The van der Waals surface area contributed by atoms with E-state index in [0.717, 1.165) is 38.1 Å². The third kappa shape index (κ3) is 5.83. The van der Waals surface area contributed by atoms with Gasteiger partial charge in [0, 0.05) is 6.42 Å². The summed E-state index contributed by atoms with van der Waals surface area (Å²) in [7, 11) is 1.39. The number of nitrogens with zero attached hydrogens (tertiary/aromatic N) is 3. The minimum atomic E-state index is -0.251. The first kappa shape index (κ1) is 15.6. The highest BCUT2D eigenvalue weighted by Crippen LogP contribution is 2.06. The van der Waals surface area contributed by atoms with Crippen LogP contribution in [0.5, 0.6) is 0 Å². The van der Waals surface area contributed by atoms with E-state index in [0.29, 0.717) is 12.4 Å². The fraction of sp³-hybridized carbons (Fsp3) is 0.769. The van der Waals surface area contributed by atoms with Crippen molar-refractivity contribution in [3.8, 4) is 0 Å². The minimum Gasteiger partial charge on any atom is -0.468 e. The third-order valence-electron chi connectivity index (χ3n) is 2.74. The van der Waals surface area contributed by atoms with Gasteiger partial charge < -0.3 is 9.26 Å². The first-order valence-corrected chi connectivity index (χ1v) is 6.80. The van der Waals surface area contributed by atoms with Crippen molar-refractivity contribution in [2.75, 3.05) is 20.2 Å². The van der Waals surface area contributed by atoms with Gasteiger partial charge in [-0.1, -0.05) is 25.4 Å². The van der Waals surface area contributed by atoms with Gasteiger partial charge in [-0.2, -0.15) is 4.98 Å². The molecule has 0 amide bonds. The van der Waals surface area contributed by atoms with Gasteiger partial charge in [0.1, 0.15) is 0 Å². The quantitative estimate of drug-likeness (QED) is 0.637. The Labute approximate surface area is 114 Å². The molecule has 0 bridgehead atoms. The normalized spacial score (nSPS) is 10.9. The maximum atomic E-state index is 11.3. The van der Waals surface area contributed by atoms with Crippen molar-refractivity contribution in [3.05, 3.63) is 11.7 Å². The molecular weight excluding hydrogens is 246 g/mol. The van der Waals surface area contributed by atoms with Crippen LogP contribution in [0.25, 0.3) is 0 Å². The zero-order valence-corrected chi connectivity index (χ0v) is 12.0. The second kappa shape index (κ2) is 8.63. The van der Waals surface area contributed by atoms with E-state index in [-0.39, 0.29) is 12.5 Å². The number of methoxy groups -OCH3 is 1. The van der Waals surface area contributed by atoms with Crippen LogP contribution in [0.2, 0.25) is 0 Å². The summed E-state index contributed by atoms with van der Waals surface area (Å²) in [5, 5.41) is 3.94. The number of esters is 1. The number of rotatable bonds is 9. The molecule has 0 fully saturated rings. The Morgan fingerprint density at radius 3 is 2.79 bits per heavy atom. The molecule has 108 valence electrons. The molecule has 0 N–H and O–H groups in total. The second-order valence-electron chi connectivity index (χ2n) is 4.49. The Kier molecular flexibility index (Phi) is 7.10. The molecule has 0 atom stereocenters. The van der Waals surface area contributed by atoms with Gasteiger partial charge in [-0.05, 0) is 19.4 Å². The number of aryl methyl sites for hydroxylation is 1. The number of hydrogen-bond donors (Lipinski definition) is 0. The van der Waals surface area contributed by atoms with Crippen molar-refractivity contribution in [1.82, 2.24) is 15.0 Å². The molecule has 0 unspecified atom stereocenters. The van der Waals surface area contributed by atoms with E-state index in [1.165, 1.54) is 7.11 Å². The fourth-order valence-electron chi connectivity index (χ4n) is 1.76. The van der Waals surface area contributed by atoms with Gasteiger partial charge in [0.2, 0.25) is 5.89 Å². The Morgan fingerprint density at radius 2 is 2.16 bits per heavy atom. The van der Waals surface area contributed by atoms with E-state index in [2.05, 4.69) is 28.7 Å². The number of carbonyl (C=O) groups excluding carboxylic acids is 1. The highest BCUT2D eigenvalue weighted by molar-refractivity contribution is 5.71. The zero-order chi connectivity index (χ0) is 14.1. The standard InChI is InChI=1S/C13H23N3O3/c1-4-6-7-11-14-12(19-15-11)9-16(8-5-2)10-13(17)18-3/h4-10H2,1-3H3. The van der Waals surface area contributed by atoms with Crippen LogP contribution in [-0.4, -0.2) is 41.2 Å². The first-order chi connectivity index (χ1) is 9.19. The largest absolute Gasteiger partial charge is 0.468 e. The summed E-state index contributed by atoms with van der Waals surface area (Å²) >= 11 is 0. The smallest absolute Gasteiger partial charge is 0.319 e. The Bertz CT molecular complexity index is 379. The van der Waals surface area contributed by atoms with Gasteiger partial charge in [-0.3, -0.25) is 9.69 Å². The molecule has 0 aromatic carbocycles. The summed E-state index contributed by atoms with van der Waals surface area (Å²) in [5.74, 6) is 1.05. The van der Waals surface area contributed by atoms with Gasteiger partial charge >= 0.3 is 5.97 Å². The van der Waals surface area contributed by atoms with E-state index in [1.54, 1.807) is 0 Å². The maximum absolute atomic E-state index is 11.3. The predicted octanol–water partition coefficient (Wildman–Crippen LogP) is 1.80. The van der Waals surface area contributed by atoms with Crippen LogP contribution in [-0.2, 0) is 22.5 Å². The summed E-state index contributed by atoms with van der Waals surface area (Å²) in [6, 6.07) is 0. The molecular formula is C13H23N3O3. The highest BCUT2D eigenvalue weighted by Gasteiger charge is 2.14. The molecule has 6 heteroatoms. The average molecular weight is 269 g/mol. The SMILES string of the molecule is CCCCc1noc(CN(CCC)CC(=O)OC)n1. The predicted molar refractivity (Wildman–Crippen MR) is 70.5 cm³/mol. The lowest BCUT2D eigenvalue weighted by molar-refractivity contribution is -0.142. The number of hydrogen-bond acceptors (Lipinski definition) is 6. The van der Waals surface area contributed by atoms with E-state index in [4.69, 9.17) is 4.52 Å². The number of ether oxygens (including phenoxy) is 1. The third-order valence-corrected chi connectivity index (χ3v) is 2.74. The van der Waals surface area contributed by atoms with Gasteiger partial charge in [0.15, 0.2) is 5.82 Å². The minimum absolute atomic E-state index is 0.247. The van der Waals surface area contributed by atoms with E-state index in [9.17, 15) is 4.79 Å². The van der Waals surface area contributed by atoms with Gasteiger partial charge in [-0.25, -0.2) is 0 Å². The van der Waals surface area contributed by atoms with Crippen molar-refractivity contribution in [1.29, 1.82) is 0 Å². The molecule has 0 aliphatic heterocycles. The van der Waals surface area contributed by atoms with Crippen LogP contribution in [0.1, 0.15) is 44.8 Å². The van der Waals surface area contributed by atoms with Crippen LogP contribution in [0, 0.1) is 0 Å². The van der Waals surface area contributed by atoms with Gasteiger partial charge in [-0.15, -0.1) is 0 Å². The molecule has 0 saturated heterocycles. The molecule has 1 heterocycles. The molecule has 0 saturated carbocycles. The lowest BCUT2D eigenvalue weighted by atomic mass is 10.2. The number of unbranched alkanes of at least 4 members (excludes halogenated alkanes) is 1. The fourth-order valence-corrected chi connectivity index (χ4v) is 1.76. The van der Waals surface area contributed by atoms with E-state index in [1.807, 2.05) is 4.90 Å². The van der Waals surface area contributed by atoms with Crippen LogP contribution < -0.4 is 0 Å². The molecule has 1 rings (SSSR count). The summed E-state index contributed by atoms with van der Waals surface area (Å²) in [6.45, 7) is 5.71. The lowest BCUT2D eigenvalue weighted by Crippen LogP contribution is -2.31.